The lowest BCUT2D eigenvalue weighted by Gasteiger charge is -2.35. The number of nitrogens with two attached hydrogens (primary N) is 1. The highest BCUT2D eigenvalue weighted by molar-refractivity contribution is 9.10. The quantitative estimate of drug-likeness (QED) is 0.895. The summed E-state index contributed by atoms with van der Waals surface area (Å²) in [7, 11) is 0. The molecule has 0 spiro atoms. The number of benzene rings is 2. The Morgan fingerprint density at radius 3 is 2.45 bits per heavy atom. The molecule has 3 rings (SSSR count). The Morgan fingerprint density at radius 2 is 1.77 bits per heavy atom. The van der Waals surface area contributed by atoms with E-state index >= 15 is 0 Å². The molecule has 114 valence electrons. The van der Waals surface area contributed by atoms with Crippen LogP contribution < -0.4 is 5.73 Å². The standard InChI is InChI=1S/C18H19BrN2O/c1-18(20,15-6-8-16(19)9-7-15)17(22)21-11-10-13-4-2-3-5-14(13)12-21/h2-9H,10-12,20H2,1H3. The van der Waals surface area contributed by atoms with E-state index in [0.29, 0.717) is 6.54 Å². The third-order valence-corrected chi connectivity index (χ3v) is 4.83. The highest BCUT2D eigenvalue weighted by Gasteiger charge is 2.35. The lowest BCUT2D eigenvalue weighted by Crippen LogP contribution is -2.52. The van der Waals surface area contributed by atoms with E-state index in [1.54, 1.807) is 6.92 Å². The number of nitrogens with zero attached hydrogens (tertiary/aromatic N) is 1. The maximum absolute atomic E-state index is 12.9. The van der Waals surface area contributed by atoms with Gasteiger partial charge in [-0.1, -0.05) is 52.3 Å². The Labute approximate surface area is 139 Å². The number of hydrogen-bond donors (Lipinski definition) is 1. The molecule has 0 saturated heterocycles. The van der Waals surface area contributed by atoms with E-state index in [4.69, 9.17) is 5.73 Å². The fraction of sp³-hybridized carbons (Fsp3) is 0.278. The van der Waals surface area contributed by atoms with E-state index < -0.39 is 5.54 Å². The summed E-state index contributed by atoms with van der Waals surface area (Å²) in [5.74, 6) is -0.0238. The molecule has 1 aliphatic rings. The highest BCUT2D eigenvalue weighted by atomic mass is 79.9. The monoisotopic (exact) mass is 358 g/mol. The molecule has 0 radical (unpaired) electrons. The largest absolute Gasteiger partial charge is 0.336 e. The van der Waals surface area contributed by atoms with Gasteiger partial charge in [-0.3, -0.25) is 4.79 Å². The van der Waals surface area contributed by atoms with Crippen molar-refractivity contribution in [3.8, 4) is 0 Å². The van der Waals surface area contributed by atoms with Crippen LogP contribution in [0.4, 0.5) is 0 Å². The zero-order valence-electron chi connectivity index (χ0n) is 12.6. The summed E-state index contributed by atoms with van der Waals surface area (Å²) in [6.45, 7) is 3.15. The fourth-order valence-electron chi connectivity index (χ4n) is 2.92. The van der Waals surface area contributed by atoms with Gasteiger partial charge in [-0.25, -0.2) is 0 Å². The zero-order valence-corrected chi connectivity index (χ0v) is 14.1. The van der Waals surface area contributed by atoms with Gasteiger partial charge in [0.25, 0.3) is 0 Å². The highest BCUT2D eigenvalue weighted by Crippen LogP contribution is 2.26. The maximum Gasteiger partial charge on any atom is 0.247 e. The van der Waals surface area contributed by atoms with Gasteiger partial charge in [0.05, 0.1) is 0 Å². The van der Waals surface area contributed by atoms with E-state index in [1.165, 1.54) is 11.1 Å². The van der Waals surface area contributed by atoms with E-state index in [-0.39, 0.29) is 5.91 Å². The first-order valence-electron chi connectivity index (χ1n) is 7.39. The maximum atomic E-state index is 12.9. The van der Waals surface area contributed by atoms with E-state index in [2.05, 4.69) is 28.1 Å². The zero-order chi connectivity index (χ0) is 15.7. The Morgan fingerprint density at radius 1 is 1.14 bits per heavy atom. The molecule has 4 heteroatoms. The van der Waals surface area contributed by atoms with Gasteiger partial charge in [-0.15, -0.1) is 0 Å². The van der Waals surface area contributed by atoms with Crippen molar-refractivity contribution in [1.29, 1.82) is 0 Å². The molecular formula is C18H19BrN2O. The minimum atomic E-state index is -1.01. The molecule has 0 bridgehead atoms. The van der Waals surface area contributed by atoms with Crippen LogP contribution in [0, 0.1) is 0 Å². The summed E-state index contributed by atoms with van der Waals surface area (Å²) in [5, 5.41) is 0. The number of carbonyl (C=O) groups excluding carboxylic acids is 1. The molecule has 3 nitrogen and oxygen atoms in total. The van der Waals surface area contributed by atoms with Crippen molar-refractivity contribution in [2.75, 3.05) is 6.54 Å². The van der Waals surface area contributed by atoms with E-state index in [1.807, 2.05) is 41.3 Å². The van der Waals surface area contributed by atoms with Crippen LogP contribution in [0.5, 0.6) is 0 Å². The first kappa shape index (κ1) is 15.3. The van der Waals surface area contributed by atoms with E-state index in [0.717, 1.165) is 23.0 Å². The molecule has 0 saturated carbocycles. The fourth-order valence-corrected chi connectivity index (χ4v) is 3.18. The predicted octanol–water partition coefficient (Wildman–Crippen LogP) is 3.21. The van der Waals surface area contributed by atoms with Crippen molar-refractivity contribution < 1.29 is 4.79 Å². The molecule has 2 aromatic carbocycles. The van der Waals surface area contributed by atoms with Crippen molar-refractivity contribution in [2.24, 2.45) is 5.73 Å². The number of rotatable bonds is 2. The third-order valence-electron chi connectivity index (χ3n) is 4.31. The van der Waals surface area contributed by atoms with Crippen LogP contribution in [-0.4, -0.2) is 17.4 Å². The molecular weight excluding hydrogens is 340 g/mol. The van der Waals surface area contributed by atoms with Crippen molar-refractivity contribution in [2.45, 2.75) is 25.4 Å². The first-order valence-corrected chi connectivity index (χ1v) is 8.19. The van der Waals surface area contributed by atoms with Crippen molar-refractivity contribution in [1.82, 2.24) is 4.90 Å². The molecule has 22 heavy (non-hydrogen) atoms. The number of hydrogen-bond acceptors (Lipinski definition) is 2. The van der Waals surface area contributed by atoms with Crippen molar-refractivity contribution >= 4 is 21.8 Å². The number of carbonyl (C=O) groups is 1. The normalized spacial score (nSPS) is 16.8. The molecule has 1 atom stereocenters. The molecule has 0 aliphatic carbocycles. The summed E-state index contributed by atoms with van der Waals surface area (Å²) < 4.78 is 0.978. The lowest BCUT2D eigenvalue weighted by molar-refractivity contribution is -0.137. The Bertz CT molecular complexity index is 694. The van der Waals surface area contributed by atoms with Gasteiger partial charge in [0.1, 0.15) is 5.54 Å². The van der Waals surface area contributed by atoms with Gasteiger partial charge in [-0.2, -0.15) is 0 Å². The van der Waals surface area contributed by atoms with Crippen LogP contribution in [0.25, 0.3) is 0 Å². The molecule has 2 N–H and O–H groups in total. The number of amides is 1. The number of fused-ring (bicyclic) bond motifs is 1. The van der Waals surface area contributed by atoms with Crippen LogP contribution in [0.3, 0.4) is 0 Å². The topological polar surface area (TPSA) is 46.3 Å². The minimum Gasteiger partial charge on any atom is -0.336 e. The average Bonchev–Trinajstić information content (AvgIpc) is 2.54. The van der Waals surface area contributed by atoms with Gasteiger partial charge in [-0.05, 0) is 42.2 Å². The van der Waals surface area contributed by atoms with Crippen LogP contribution in [-0.2, 0) is 23.3 Å². The second-order valence-electron chi connectivity index (χ2n) is 5.95. The SMILES string of the molecule is CC(N)(C(=O)N1CCc2ccccc2C1)c1ccc(Br)cc1. The Balaban J connectivity index is 1.83. The second-order valence-corrected chi connectivity index (χ2v) is 6.87. The van der Waals surface area contributed by atoms with Gasteiger partial charge < -0.3 is 10.6 Å². The van der Waals surface area contributed by atoms with Crippen LogP contribution in [0.1, 0.15) is 23.6 Å². The molecule has 0 aromatic heterocycles. The molecule has 1 heterocycles. The van der Waals surface area contributed by atoms with Gasteiger partial charge >= 0.3 is 0 Å². The predicted molar refractivity (Wildman–Crippen MR) is 91.2 cm³/mol. The summed E-state index contributed by atoms with van der Waals surface area (Å²) in [6, 6.07) is 15.9. The number of halogens is 1. The van der Waals surface area contributed by atoms with Crippen LogP contribution in [0.15, 0.2) is 53.0 Å². The van der Waals surface area contributed by atoms with Gasteiger partial charge in [0.2, 0.25) is 5.91 Å². The summed E-state index contributed by atoms with van der Waals surface area (Å²) in [6.07, 6.45) is 0.887. The molecule has 1 amide bonds. The summed E-state index contributed by atoms with van der Waals surface area (Å²) in [4.78, 5) is 14.8. The average molecular weight is 359 g/mol. The molecule has 2 aromatic rings. The Hall–Kier alpha value is -1.65. The summed E-state index contributed by atoms with van der Waals surface area (Å²) >= 11 is 3.41. The smallest absolute Gasteiger partial charge is 0.247 e. The van der Waals surface area contributed by atoms with Crippen LogP contribution in [0.2, 0.25) is 0 Å². The molecule has 0 fully saturated rings. The van der Waals surface area contributed by atoms with E-state index in [9.17, 15) is 4.79 Å². The Kier molecular flexibility index (Phi) is 4.06. The minimum absolute atomic E-state index is 0.0238. The van der Waals surface area contributed by atoms with Gasteiger partial charge in [0, 0.05) is 17.6 Å². The lowest BCUT2D eigenvalue weighted by atomic mass is 9.90. The van der Waals surface area contributed by atoms with Crippen molar-refractivity contribution in [3.05, 3.63) is 69.7 Å². The molecule has 1 unspecified atom stereocenters. The second kappa shape index (κ2) is 5.86. The van der Waals surface area contributed by atoms with Crippen LogP contribution >= 0.6 is 15.9 Å². The molecule has 1 aliphatic heterocycles. The third kappa shape index (κ3) is 2.81. The summed E-state index contributed by atoms with van der Waals surface area (Å²) in [5.41, 5.74) is 8.75. The van der Waals surface area contributed by atoms with Gasteiger partial charge in [0.15, 0.2) is 0 Å². The first-order chi connectivity index (χ1) is 10.5. The van der Waals surface area contributed by atoms with Crippen molar-refractivity contribution in [3.63, 3.8) is 0 Å².